The molecule has 0 fully saturated rings. The van der Waals surface area contributed by atoms with Crippen LogP contribution >= 0.6 is 11.6 Å². The van der Waals surface area contributed by atoms with Gasteiger partial charge >= 0.3 is 0 Å². The SMILES string of the molecule is Cc1cc(Cl)ccc1Oc1ccc(NNC(=O)c2cn(C)nc2C(F)F)cc1. The molecule has 28 heavy (non-hydrogen) atoms. The number of amides is 1. The first kappa shape index (κ1) is 19.6. The molecule has 0 unspecified atom stereocenters. The first-order chi connectivity index (χ1) is 13.3. The van der Waals surface area contributed by atoms with E-state index in [9.17, 15) is 13.6 Å². The van der Waals surface area contributed by atoms with Gasteiger partial charge in [-0.1, -0.05) is 11.6 Å². The highest BCUT2D eigenvalue weighted by Crippen LogP contribution is 2.28. The zero-order valence-electron chi connectivity index (χ0n) is 15.0. The van der Waals surface area contributed by atoms with Crippen molar-refractivity contribution in [3.8, 4) is 11.5 Å². The summed E-state index contributed by atoms with van der Waals surface area (Å²) in [6.45, 7) is 1.89. The van der Waals surface area contributed by atoms with Crippen LogP contribution in [0.25, 0.3) is 0 Å². The number of ether oxygens (including phenoxy) is 1. The molecule has 6 nitrogen and oxygen atoms in total. The van der Waals surface area contributed by atoms with Crippen molar-refractivity contribution in [3.63, 3.8) is 0 Å². The van der Waals surface area contributed by atoms with E-state index in [0.29, 0.717) is 22.2 Å². The van der Waals surface area contributed by atoms with Gasteiger partial charge in [0.2, 0.25) is 0 Å². The van der Waals surface area contributed by atoms with E-state index >= 15 is 0 Å². The minimum atomic E-state index is -2.84. The number of hydrazine groups is 1. The topological polar surface area (TPSA) is 68.2 Å². The molecule has 0 aliphatic carbocycles. The number of hydrogen-bond acceptors (Lipinski definition) is 4. The van der Waals surface area contributed by atoms with Gasteiger partial charge in [0.1, 0.15) is 17.2 Å². The van der Waals surface area contributed by atoms with Crippen molar-refractivity contribution in [2.75, 3.05) is 5.43 Å². The number of halogens is 3. The number of rotatable bonds is 6. The summed E-state index contributed by atoms with van der Waals surface area (Å²) in [4.78, 5) is 12.1. The Morgan fingerprint density at radius 3 is 2.57 bits per heavy atom. The predicted molar refractivity (Wildman–Crippen MR) is 102 cm³/mol. The Bertz CT molecular complexity index is 990. The summed E-state index contributed by atoms with van der Waals surface area (Å²) >= 11 is 5.93. The fraction of sp³-hybridized carbons (Fsp3) is 0.158. The predicted octanol–water partition coefficient (Wildman–Crippen LogP) is 4.87. The maximum atomic E-state index is 12.9. The second-order valence-electron chi connectivity index (χ2n) is 6.02. The largest absolute Gasteiger partial charge is 0.457 e. The van der Waals surface area contributed by atoms with Crippen LogP contribution in [-0.2, 0) is 7.05 Å². The molecule has 1 amide bonds. The van der Waals surface area contributed by atoms with E-state index in [4.69, 9.17) is 16.3 Å². The van der Waals surface area contributed by atoms with E-state index in [1.807, 2.05) is 6.92 Å². The van der Waals surface area contributed by atoms with Gasteiger partial charge < -0.3 is 4.74 Å². The molecule has 3 aromatic rings. The highest BCUT2D eigenvalue weighted by Gasteiger charge is 2.22. The Hall–Kier alpha value is -3.13. The summed E-state index contributed by atoms with van der Waals surface area (Å²) in [5.41, 5.74) is 5.74. The van der Waals surface area contributed by atoms with E-state index in [2.05, 4.69) is 16.0 Å². The lowest BCUT2D eigenvalue weighted by Gasteiger charge is -2.11. The smallest absolute Gasteiger partial charge is 0.282 e. The molecule has 0 aliphatic heterocycles. The quantitative estimate of drug-likeness (QED) is 0.573. The minimum Gasteiger partial charge on any atom is -0.457 e. The molecule has 0 spiro atoms. The van der Waals surface area contributed by atoms with Crippen LogP contribution in [-0.4, -0.2) is 15.7 Å². The average molecular weight is 407 g/mol. The molecule has 2 aromatic carbocycles. The number of nitrogens with one attached hydrogen (secondary N) is 2. The van der Waals surface area contributed by atoms with E-state index in [1.54, 1.807) is 42.5 Å². The molecule has 0 atom stereocenters. The lowest BCUT2D eigenvalue weighted by atomic mass is 10.2. The van der Waals surface area contributed by atoms with Gasteiger partial charge in [-0.15, -0.1) is 0 Å². The summed E-state index contributed by atoms with van der Waals surface area (Å²) < 4.78 is 32.8. The number of anilines is 1. The maximum Gasteiger partial charge on any atom is 0.282 e. The Morgan fingerprint density at radius 2 is 1.93 bits per heavy atom. The van der Waals surface area contributed by atoms with Gasteiger partial charge in [0.25, 0.3) is 12.3 Å². The Morgan fingerprint density at radius 1 is 1.21 bits per heavy atom. The van der Waals surface area contributed by atoms with Gasteiger partial charge in [0, 0.05) is 18.3 Å². The number of aryl methyl sites for hydroxylation is 2. The van der Waals surface area contributed by atoms with Crippen LogP contribution in [0, 0.1) is 6.92 Å². The number of nitrogens with zero attached hydrogens (tertiary/aromatic N) is 2. The highest BCUT2D eigenvalue weighted by molar-refractivity contribution is 6.30. The monoisotopic (exact) mass is 406 g/mol. The third-order valence-electron chi connectivity index (χ3n) is 3.85. The fourth-order valence-corrected chi connectivity index (χ4v) is 2.73. The minimum absolute atomic E-state index is 0.192. The summed E-state index contributed by atoms with van der Waals surface area (Å²) in [5.74, 6) is 0.560. The lowest BCUT2D eigenvalue weighted by Crippen LogP contribution is -2.29. The number of carbonyl (C=O) groups is 1. The van der Waals surface area contributed by atoms with Crippen molar-refractivity contribution >= 4 is 23.2 Å². The molecule has 146 valence electrons. The molecule has 0 saturated heterocycles. The summed E-state index contributed by atoms with van der Waals surface area (Å²) in [7, 11) is 1.47. The number of hydrogen-bond donors (Lipinski definition) is 2. The third kappa shape index (κ3) is 4.58. The van der Waals surface area contributed by atoms with Gasteiger partial charge in [-0.25, -0.2) is 8.78 Å². The molecule has 1 aromatic heterocycles. The van der Waals surface area contributed by atoms with Crippen molar-refractivity contribution in [1.82, 2.24) is 15.2 Å². The standard InChI is InChI=1S/C19H17ClF2N4O2/c1-11-9-12(20)3-8-16(11)28-14-6-4-13(5-7-14)23-24-19(27)15-10-26(2)25-17(15)18(21)22/h3-10,18,23H,1-2H3,(H,24,27). The molecular formula is C19H17ClF2N4O2. The molecule has 2 N–H and O–H groups in total. The Kier molecular flexibility index (Phi) is 5.79. The van der Waals surface area contributed by atoms with E-state index in [0.717, 1.165) is 5.56 Å². The zero-order chi connectivity index (χ0) is 20.3. The van der Waals surface area contributed by atoms with Crippen molar-refractivity contribution in [1.29, 1.82) is 0 Å². The van der Waals surface area contributed by atoms with Crippen LogP contribution in [0.5, 0.6) is 11.5 Å². The van der Waals surface area contributed by atoms with Gasteiger partial charge in [0.05, 0.1) is 11.3 Å². The Balaban J connectivity index is 1.62. The molecule has 0 radical (unpaired) electrons. The van der Waals surface area contributed by atoms with Gasteiger partial charge in [-0.05, 0) is 55.0 Å². The van der Waals surface area contributed by atoms with Crippen LogP contribution < -0.4 is 15.6 Å². The molecule has 3 rings (SSSR count). The number of alkyl halides is 2. The summed E-state index contributed by atoms with van der Waals surface area (Å²) in [6.07, 6.45) is -1.60. The average Bonchev–Trinajstić information content (AvgIpc) is 3.05. The normalized spacial score (nSPS) is 10.8. The second kappa shape index (κ2) is 8.26. The van der Waals surface area contributed by atoms with Crippen LogP contribution in [0.15, 0.2) is 48.7 Å². The first-order valence-corrected chi connectivity index (χ1v) is 8.63. The van der Waals surface area contributed by atoms with Crippen LogP contribution in [0.2, 0.25) is 5.02 Å². The number of carbonyl (C=O) groups excluding carboxylic acids is 1. The number of aromatic nitrogens is 2. The van der Waals surface area contributed by atoms with E-state index < -0.39 is 18.0 Å². The highest BCUT2D eigenvalue weighted by atomic mass is 35.5. The lowest BCUT2D eigenvalue weighted by molar-refractivity contribution is 0.0948. The van der Waals surface area contributed by atoms with Crippen molar-refractivity contribution in [3.05, 3.63) is 70.5 Å². The maximum absolute atomic E-state index is 12.9. The molecule has 9 heteroatoms. The fourth-order valence-electron chi connectivity index (χ4n) is 2.50. The summed E-state index contributed by atoms with van der Waals surface area (Å²) in [5, 5.41) is 4.23. The van der Waals surface area contributed by atoms with Crippen molar-refractivity contribution < 1.29 is 18.3 Å². The van der Waals surface area contributed by atoms with E-state index in [1.165, 1.54) is 17.9 Å². The molecular weight excluding hydrogens is 390 g/mol. The summed E-state index contributed by atoms with van der Waals surface area (Å²) in [6, 6.07) is 12.1. The van der Waals surface area contributed by atoms with E-state index in [-0.39, 0.29) is 5.56 Å². The second-order valence-corrected chi connectivity index (χ2v) is 6.45. The van der Waals surface area contributed by atoms with Crippen LogP contribution in [0.4, 0.5) is 14.5 Å². The van der Waals surface area contributed by atoms with Crippen molar-refractivity contribution in [2.45, 2.75) is 13.3 Å². The molecule has 1 heterocycles. The third-order valence-corrected chi connectivity index (χ3v) is 4.08. The van der Waals surface area contributed by atoms with Gasteiger partial charge in [-0.2, -0.15) is 5.10 Å². The first-order valence-electron chi connectivity index (χ1n) is 8.25. The van der Waals surface area contributed by atoms with Crippen molar-refractivity contribution in [2.24, 2.45) is 7.05 Å². The molecule has 0 bridgehead atoms. The number of benzene rings is 2. The Labute approximate surface area is 165 Å². The van der Waals surface area contributed by atoms with Crippen LogP contribution in [0.1, 0.15) is 28.0 Å². The van der Waals surface area contributed by atoms with Crippen LogP contribution in [0.3, 0.4) is 0 Å². The molecule has 0 aliphatic rings. The van der Waals surface area contributed by atoms with Gasteiger partial charge in [-0.3, -0.25) is 20.3 Å². The zero-order valence-corrected chi connectivity index (χ0v) is 15.8. The van der Waals surface area contributed by atoms with Gasteiger partial charge in [0.15, 0.2) is 0 Å². The molecule has 0 saturated carbocycles.